The molecule has 3 nitrogen and oxygen atoms in total. The number of hydrogen-bond acceptors (Lipinski definition) is 3. The third kappa shape index (κ3) is 0.743. The lowest BCUT2D eigenvalue weighted by molar-refractivity contribution is 0.403. The quantitative estimate of drug-likeness (QED) is 0.582. The number of aromatic nitrogens is 1. The van der Waals surface area contributed by atoms with E-state index in [1.165, 1.54) is 5.56 Å². The van der Waals surface area contributed by atoms with E-state index in [9.17, 15) is 0 Å². The van der Waals surface area contributed by atoms with Crippen LogP contribution in [0.4, 0.5) is 0 Å². The second-order valence-electron chi connectivity index (χ2n) is 2.72. The fourth-order valence-corrected chi connectivity index (χ4v) is 1.41. The van der Waals surface area contributed by atoms with Crippen LogP contribution in [0.15, 0.2) is 10.8 Å². The lowest BCUT2D eigenvalue weighted by Crippen LogP contribution is -2.16. The van der Waals surface area contributed by atoms with Crippen LogP contribution in [-0.4, -0.2) is 5.16 Å². The number of aryl methyl sites for hydroxylation is 1. The second kappa shape index (κ2) is 2.09. The molecule has 0 aromatic carbocycles. The van der Waals surface area contributed by atoms with E-state index in [1.807, 2.05) is 0 Å². The first kappa shape index (κ1) is 5.92. The summed E-state index contributed by atoms with van der Waals surface area (Å²) in [4.78, 5) is 0. The van der Waals surface area contributed by atoms with Crippen molar-refractivity contribution in [3.05, 3.63) is 17.5 Å². The highest BCUT2D eigenvalue weighted by Crippen LogP contribution is 2.25. The number of fused-ring (bicyclic) bond motifs is 1. The fourth-order valence-electron chi connectivity index (χ4n) is 1.41. The van der Waals surface area contributed by atoms with Gasteiger partial charge in [0.15, 0.2) is 0 Å². The third-order valence-corrected chi connectivity index (χ3v) is 1.99. The molecule has 2 N–H and O–H groups in total. The van der Waals surface area contributed by atoms with E-state index in [-0.39, 0.29) is 6.04 Å². The summed E-state index contributed by atoms with van der Waals surface area (Å²) in [7, 11) is 0. The SMILES string of the molecule is NC1CCCc2conc21. The highest BCUT2D eigenvalue weighted by molar-refractivity contribution is 5.20. The van der Waals surface area contributed by atoms with Crippen LogP contribution in [0, 0.1) is 0 Å². The van der Waals surface area contributed by atoms with Crippen LogP contribution in [0.5, 0.6) is 0 Å². The van der Waals surface area contributed by atoms with Gasteiger partial charge in [-0.15, -0.1) is 0 Å². The highest BCUT2D eigenvalue weighted by atomic mass is 16.5. The van der Waals surface area contributed by atoms with Crippen molar-refractivity contribution in [3.8, 4) is 0 Å². The second-order valence-corrected chi connectivity index (χ2v) is 2.72. The fraction of sp³-hybridized carbons (Fsp3) is 0.571. The van der Waals surface area contributed by atoms with Gasteiger partial charge in [-0.3, -0.25) is 0 Å². The Morgan fingerprint density at radius 1 is 1.70 bits per heavy atom. The summed E-state index contributed by atoms with van der Waals surface area (Å²) >= 11 is 0. The van der Waals surface area contributed by atoms with Crippen LogP contribution in [0.2, 0.25) is 0 Å². The van der Waals surface area contributed by atoms with E-state index in [0.717, 1.165) is 25.0 Å². The van der Waals surface area contributed by atoms with Gasteiger partial charge >= 0.3 is 0 Å². The Labute approximate surface area is 59.2 Å². The number of rotatable bonds is 0. The van der Waals surface area contributed by atoms with E-state index in [4.69, 9.17) is 10.3 Å². The summed E-state index contributed by atoms with van der Waals surface area (Å²) in [6.07, 6.45) is 4.98. The first-order chi connectivity index (χ1) is 4.88. The predicted octanol–water partition coefficient (Wildman–Crippen LogP) is 1.01. The van der Waals surface area contributed by atoms with Crippen LogP contribution in [0.25, 0.3) is 0 Å². The summed E-state index contributed by atoms with van der Waals surface area (Å²) in [5, 5.41) is 3.84. The van der Waals surface area contributed by atoms with Crippen LogP contribution < -0.4 is 5.73 Å². The molecule has 54 valence electrons. The Morgan fingerprint density at radius 2 is 2.60 bits per heavy atom. The van der Waals surface area contributed by atoms with Crippen molar-refractivity contribution in [1.29, 1.82) is 0 Å². The molecule has 0 bridgehead atoms. The Bertz CT molecular complexity index is 231. The van der Waals surface area contributed by atoms with Crippen molar-refractivity contribution in [2.45, 2.75) is 25.3 Å². The minimum absolute atomic E-state index is 0.113. The Balaban J connectivity index is 2.41. The monoisotopic (exact) mass is 138 g/mol. The van der Waals surface area contributed by atoms with Crippen molar-refractivity contribution in [1.82, 2.24) is 5.16 Å². The summed E-state index contributed by atoms with van der Waals surface area (Å²) in [5.41, 5.74) is 7.93. The molecule has 1 aliphatic rings. The van der Waals surface area contributed by atoms with E-state index in [1.54, 1.807) is 6.26 Å². The summed E-state index contributed by atoms with van der Waals surface area (Å²) in [5.74, 6) is 0. The maximum Gasteiger partial charge on any atom is 0.127 e. The summed E-state index contributed by atoms with van der Waals surface area (Å²) < 4.78 is 4.81. The molecule has 0 saturated carbocycles. The van der Waals surface area contributed by atoms with Crippen molar-refractivity contribution >= 4 is 0 Å². The predicted molar refractivity (Wildman–Crippen MR) is 36.4 cm³/mol. The van der Waals surface area contributed by atoms with Crippen molar-refractivity contribution < 1.29 is 4.52 Å². The molecule has 1 aromatic heterocycles. The molecule has 1 atom stereocenters. The highest BCUT2D eigenvalue weighted by Gasteiger charge is 2.19. The van der Waals surface area contributed by atoms with Crippen LogP contribution in [-0.2, 0) is 6.42 Å². The van der Waals surface area contributed by atoms with Gasteiger partial charge in [-0.2, -0.15) is 0 Å². The Kier molecular flexibility index (Phi) is 1.24. The van der Waals surface area contributed by atoms with E-state index in [2.05, 4.69) is 5.16 Å². The molecule has 0 saturated heterocycles. The molecule has 0 spiro atoms. The smallest absolute Gasteiger partial charge is 0.127 e. The molecule has 0 fully saturated rings. The van der Waals surface area contributed by atoms with Crippen LogP contribution in [0.3, 0.4) is 0 Å². The third-order valence-electron chi connectivity index (χ3n) is 1.99. The Hall–Kier alpha value is -0.830. The van der Waals surface area contributed by atoms with Gasteiger partial charge in [0.25, 0.3) is 0 Å². The van der Waals surface area contributed by atoms with E-state index >= 15 is 0 Å². The van der Waals surface area contributed by atoms with Gasteiger partial charge in [-0.25, -0.2) is 0 Å². The number of nitrogens with two attached hydrogens (primary N) is 1. The van der Waals surface area contributed by atoms with Crippen LogP contribution >= 0.6 is 0 Å². The zero-order valence-electron chi connectivity index (χ0n) is 5.71. The van der Waals surface area contributed by atoms with Gasteiger partial charge in [-0.1, -0.05) is 5.16 Å². The molecular formula is C7H10N2O. The summed E-state index contributed by atoms with van der Waals surface area (Å²) in [6, 6.07) is 0.113. The van der Waals surface area contributed by atoms with E-state index < -0.39 is 0 Å². The largest absolute Gasteiger partial charge is 0.364 e. The van der Waals surface area contributed by atoms with Gasteiger partial charge < -0.3 is 10.3 Å². The lowest BCUT2D eigenvalue weighted by atomic mass is 9.95. The maximum absolute atomic E-state index is 5.77. The number of nitrogens with zero attached hydrogens (tertiary/aromatic N) is 1. The minimum Gasteiger partial charge on any atom is -0.364 e. The average molecular weight is 138 g/mol. The summed E-state index contributed by atoms with van der Waals surface area (Å²) in [6.45, 7) is 0. The molecule has 0 aliphatic heterocycles. The molecule has 2 rings (SSSR count). The molecule has 0 radical (unpaired) electrons. The van der Waals surface area contributed by atoms with Gasteiger partial charge in [0.2, 0.25) is 0 Å². The zero-order chi connectivity index (χ0) is 6.97. The molecule has 10 heavy (non-hydrogen) atoms. The first-order valence-electron chi connectivity index (χ1n) is 3.56. The van der Waals surface area contributed by atoms with Gasteiger partial charge in [0.1, 0.15) is 12.0 Å². The molecule has 3 heteroatoms. The van der Waals surface area contributed by atoms with Gasteiger partial charge in [0, 0.05) is 5.56 Å². The molecule has 1 aromatic rings. The molecule has 0 amide bonds. The molecule has 1 heterocycles. The van der Waals surface area contributed by atoms with Gasteiger partial charge in [0.05, 0.1) is 6.04 Å². The first-order valence-corrected chi connectivity index (χ1v) is 3.56. The normalized spacial score (nSPS) is 24.3. The molecule has 1 aliphatic carbocycles. The van der Waals surface area contributed by atoms with Crippen molar-refractivity contribution in [2.75, 3.05) is 0 Å². The topological polar surface area (TPSA) is 52.0 Å². The van der Waals surface area contributed by atoms with Crippen molar-refractivity contribution in [3.63, 3.8) is 0 Å². The Morgan fingerprint density at radius 3 is 3.40 bits per heavy atom. The molecular weight excluding hydrogens is 128 g/mol. The average Bonchev–Trinajstić information content (AvgIpc) is 2.36. The van der Waals surface area contributed by atoms with E-state index in [0.29, 0.717) is 0 Å². The molecule has 1 unspecified atom stereocenters. The van der Waals surface area contributed by atoms with Gasteiger partial charge in [-0.05, 0) is 19.3 Å². The maximum atomic E-state index is 5.77. The zero-order valence-corrected chi connectivity index (χ0v) is 5.71. The lowest BCUT2D eigenvalue weighted by Gasteiger charge is -2.14. The van der Waals surface area contributed by atoms with Crippen LogP contribution in [0.1, 0.15) is 30.1 Å². The number of hydrogen-bond donors (Lipinski definition) is 1. The standard InChI is InChI=1S/C7H10N2O/c8-6-3-1-2-5-4-10-9-7(5)6/h4,6H,1-3,8H2. The van der Waals surface area contributed by atoms with Crippen molar-refractivity contribution in [2.24, 2.45) is 5.73 Å². The minimum atomic E-state index is 0.113.